The molecule has 0 radical (unpaired) electrons. The Kier molecular flexibility index (Phi) is 7.26. The van der Waals surface area contributed by atoms with Crippen molar-refractivity contribution in [3.8, 4) is 16.9 Å². The lowest BCUT2D eigenvalue weighted by atomic mass is 10.00. The van der Waals surface area contributed by atoms with E-state index in [0.29, 0.717) is 36.5 Å². The van der Waals surface area contributed by atoms with Gasteiger partial charge in [0, 0.05) is 68.8 Å². The molecule has 1 amide bonds. The van der Waals surface area contributed by atoms with Gasteiger partial charge in [-0.1, -0.05) is 0 Å². The van der Waals surface area contributed by atoms with Gasteiger partial charge in [-0.25, -0.2) is 9.18 Å². The number of halogens is 1. The lowest BCUT2D eigenvalue weighted by Crippen LogP contribution is -2.42. The summed E-state index contributed by atoms with van der Waals surface area (Å²) in [6.07, 6.45) is 5.42. The van der Waals surface area contributed by atoms with Gasteiger partial charge in [0.25, 0.3) is 0 Å². The summed E-state index contributed by atoms with van der Waals surface area (Å²) < 4.78 is 34.1. The molecule has 4 aromatic rings. The van der Waals surface area contributed by atoms with Crippen LogP contribution >= 0.6 is 0 Å². The maximum atomic E-state index is 15.8. The maximum absolute atomic E-state index is 15.8. The molecule has 1 unspecified atom stereocenters. The fourth-order valence-electron chi connectivity index (χ4n) is 5.11. The number of anilines is 1. The van der Waals surface area contributed by atoms with Crippen LogP contribution in [0.3, 0.4) is 0 Å². The highest BCUT2D eigenvalue weighted by Gasteiger charge is 2.32. The van der Waals surface area contributed by atoms with E-state index in [4.69, 9.17) is 14.2 Å². The SMILES string of the molecule is COCOc1c(-c2cnc3c(F)c(N4CCC(N(C)C(=O)OC(C)(C)C)C4)cnc3c2)cc2cn(C)nc2c1C. The van der Waals surface area contributed by atoms with E-state index in [0.717, 1.165) is 27.6 Å². The molecule has 5 rings (SSSR count). The Balaban J connectivity index is 1.44. The van der Waals surface area contributed by atoms with Crippen molar-refractivity contribution in [1.82, 2.24) is 24.6 Å². The molecule has 0 spiro atoms. The number of pyridine rings is 2. The van der Waals surface area contributed by atoms with Gasteiger partial charge in [-0.15, -0.1) is 0 Å². The first-order chi connectivity index (χ1) is 19.0. The zero-order valence-corrected chi connectivity index (χ0v) is 24.0. The van der Waals surface area contributed by atoms with Gasteiger partial charge in [0.15, 0.2) is 12.6 Å². The molecule has 0 bridgehead atoms. The summed E-state index contributed by atoms with van der Waals surface area (Å²) in [6.45, 7) is 8.59. The van der Waals surface area contributed by atoms with Crippen LogP contribution in [0.4, 0.5) is 14.9 Å². The number of hydrogen-bond acceptors (Lipinski definition) is 8. The summed E-state index contributed by atoms with van der Waals surface area (Å²) in [5.74, 6) is 0.190. The average Bonchev–Trinajstić information content (AvgIpc) is 3.53. The van der Waals surface area contributed by atoms with E-state index in [9.17, 15) is 4.79 Å². The van der Waals surface area contributed by atoms with Crippen LogP contribution in [0.2, 0.25) is 0 Å². The molecule has 0 aliphatic carbocycles. The number of fused-ring (bicyclic) bond motifs is 2. The van der Waals surface area contributed by atoms with Gasteiger partial charge >= 0.3 is 6.09 Å². The number of nitrogens with zero attached hydrogens (tertiary/aromatic N) is 6. The Morgan fingerprint density at radius 2 is 1.98 bits per heavy atom. The fraction of sp³-hybridized carbons (Fsp3) is 0.448. The smallest absolute Gasteiger partial charge is 0.410 e. The van der Waals surface area contributed by atoms with E-state index in [1.807, 2.05) is 58.0 Å². The number of carbonyl (C=O) groups is 1. The summed E-state index contributed by atoms with van der Waals surface area (Å²) >= 11 is 0. The van der Waals surface area contributed by atoms with E-state index < -0.39 is 11.4 Å². The van der Waals surface area contributed by atoms with E-state index in [1.54, 1.807) is 29.9 Å². The molecule has 40 heavy (non-hydrogen) atoms. The summed E-state index contributed by atoms with van der Waals surface area (Å²) in [5, 5.41) is 5.50. The summed E-state index contributed by atoms with van der Waals surface area (Å²) in [7, 11) is 5.15. The molecule has 1 atom stereocenters. The number of benzene rings is 1. The zero-order valence-electron chi connectivity index (χ0n) is 24.0. The number of amides is 1. The molecule has 0 saturated carbocycles. The van der Waals surface area contributed by atoms with E-state index in [2.05, 4.69) is 15.1 Å². The van der Waals surface area contributed by atoms with Gasteiger partial charge in [0.1, 0.15) is 16.9 Å². The Hall–Kier alpha value is -3.99. The Morgan fingerprint density at radius 1 is 1.20 bits per heavy atom. The minimum Gasteiger partial charge on any atom is -0.467 e. The molecule has 212 valence electrons. The van der Waals surface area contributed by atoms with Crippen molar-refractivity contribution in [2.45, 2.75) is 45.8 Å². The molecule has 1 fully saturated rings. The first-order valence-corrected chi connectivity index (χ1v) is 13.2. The fourth-order valence-corrected chi connectivity index (χ4v) is 5.11. The van der Waals surface area contributed by atoms with Gasteiger partial charge in [-0.05, 0) is 46.2 Å². The molecular formula is C29H35FN6O4. The highest BCUT2D eigenvalue weighted by atomic mass is 19.1. The van der Waals surface area contributed by atoms with Gasteiger partial charge in [0.05, 0.1) is 29.0 Å². The molecule has 1 aromatic carbocycles. The quantitative estimate of drug-likeness (QED) is 0.308. The maximum Gasteiger partial charge on any atom is 0.410 e. The molecule has 1 saturated heterocycles. The van der Waals surface area contributed by atoms with Crippen LogP contribution in [-0.2, 0) is 16.5 Å². The second kappa shape index (κ2) is 10.5. The first kappa shape index (κ1) is 27.6. The van der Waals surface area contributed by atoms with Crippen molar-refractivity contribution in [3.05, 3.63) is 42.1 Å². The Morgan fingerprint density at radius 3 is 2.70 bits per heavy atom. The van der Waals surface area contributed by atoms with Crippen molar-refractivity contribution in [2.24, 2.45) is 7.05 Å². The van der Waals surface area contributed by atoms with E-state index >= 15 is 4.39 Å². The van der Waals surface area contributed by atoms with E-state index in [1.165, 1.54) is 6.20 Å². The van der Waals surface area contributed by atoms with Gasteiger partial charge < -0.3 is 24.0 Å². The third-order valence-electron chi connectivity index (χ3n) is 7.09. The van der Waals surface area contributed by atoms with Crippen molar-refractivity contribution >= 4 is 33.7 Å². The zero-order chi connectivity index (χ0) is 28.8. The molecule has 1 aliphatic rings. The Labute approximate surface area is 232 Å². The summed E-state index contributed by atoms with van der Waals surface area (Å²) in [5.41, 5.74) is 3.65. The van der Waals surface area contributed by atoms with Crippen molar-refractivity contribution < 1.29 is 23.4 Å². The largest absolute Gasteiger partial charge is 0.467 e. The van der Waals surface area contributed by atoms with Crippen molar-refractivity contribution in [3.63, 3.8) is 0 Å². The number of methoxy groups -OCH3 is 1. The monoisotopic (exact) mass is 550 g/mol. The van der Waals surface area contributed by atoms with Crippen LogP contribution in [0.25, 0.3) is 33.1 Å². The summed E-state index contributed by atoms with van der Waals surface area (Å²) in [4.78, 5) is 25.1. The Bertz CT molecular complexity index is 1580. The average molecular weight is 551 g/mol. The molecule has 3 aromatic heterocycles. The minimum atomic E-state index is -0.582. The highest BCUT2D eigenvalue weighted by molar-refractivity contribution is 5.93. The van der Waals surface area contributed by atoms with E-state index in [-0.39, 0.29) is 24.4 Å². The second-order valence-corrected chi connectivity index (χ2v) is 11.2. The number of aryl methyl sites for hydroxylation is 2. The van der Waals surface area contributed by atoms with Crippen LogP contribution in [0.5, 0.6) is 5.75 Å². The number of aromatic nitrogens is 4. The first-order valence-electron chi connectivity index (χ1n) is 13.2. The number of hydrogen-bond donors (Lipinski definition) is 0. The molecule has 11 heteroatoms. The predicted molar refractivity (Wildman–Crippen MR) is 151 cm³/mol. The molecular weight excluding hydrogens is 515 g/mol. The standard InChI is InChI=1S/C29H35FN6O4/c1-17-25-19(14-34(5)33-25)10-21(27(17)39-16-38-7)18-11-22-26(32-12-18)24(30)23(13-31-22)36-9-8-20(15-36)35(6)28(37)40-29(2,3)4/h10-14,20H,8-9,15-16H2,1-7H3. The topological polar surface area (TPSA) is 94.8 Å². The number of rotatable bonds is 6. The van der Waals surface area contributed by atoms with Crippen LogP contribution in [-0.4, -0.2) is 76.4 Å². The third-order valence-corrected chi connectivity index (χ3v) is 7.09. The number of ether oxygens (including phenoxy) is 3. The molecule has 4 heterocycles. The van der Waals surface area contributed by atoms with Crippen LogP contribution in [0.1, 0.15) is 32.8 Å². The van der Waals surface area contributed by atoms with Gasteiger partial charge in [0.2, 0.25) is 0 Å². The lowest BCUT2D eigenvalue weighted by Gasteiger charge is -2.28. The number of likely N-dealkylation sites (N-methyl/N-ethyl adjacent to an activating group) is 1. The van der Waals surface area contributed by atoms with Crippen LogP contribution < -0.4 is 9.64 Å². The summed E-state index contributed by atoms with van der Waals surface area (Å²) in [6, 6.07) is 3.70. The van der Waals surface area contributed by atoms with Crippen molar-refractivity contribution in [2.75, 3.05) is 38.9 Å². The third kappa shape index (κ3) is 5.25. The predicted octanol–water partition coefficient (Wildman–Crippen LogP) is 5.06. The second-order valence-electron chi connectivity index (χ2n) is 11.2. The van der Waals surface area contributed by atoms with Gasteiger partial charge in [-0.2, -0.15) is 5.10 Å². The number of carbonyl (C=O) groups excluding carboxylic acids is 1. The molecule has 10 nitrogen and oxygen atoms in total. The molecule has 1 aliphatic heterocycles. The van der Waals surface area contributed by atoms with Crippen LogP contribution in [0.15, 0.2) is 30.7 Å². The normalized spacial score (nSPS) is 15.7. The van der Waals surface area contributed by atoms with Gasteiger partial charge in [-0.3, -0.25) is 14.6 Å². The highest BCUT2D eigenvalue weighted by Crippen LogP contribution is 2.39. The minimum absolute atomic E-state index is 0.0728. The van der Waals surface area contributed by atoms with Crippen molar-refractivity contribution in [1.29, 1.82) is 0 Å². The lowest BCUT2D eigenvalue weighted by molar-refractivity contribution is 0.0238. The van der Waals surface area contributed by atoms with Crippen LogP contribution in [0, 0.1) is 12.7 Å². The molecule has 0 N–H and O–H groups in total.